The zero-order valence-corrected chi connectivity index (χ0v) is 9.83. The summed E-state index contributed by atoms with van der Waals surface area (Å²) in [7, 11) is 0. The third-order valence-corrected chi connectivity index (χ3v) is 2.83. The molecule has 0 radical (unpaired) electrons. The van der Waals surface area contributed by atoms with E-state index >= 15 is 0 Å². The van der Waals surface area contributed by atoms with Gasteiger partial charge in [-0.15, -0.1) is 0 Å². The van der Waals surface area contributed by atoms with Gasteiger partial charge in [0.15, 0.2) is 0 Å². The van der Waals surface area contributed by atoms with Crippen LogP contribution in [0.3, 0.4) is 0 Å². The van der Waals surface area contributed by atoms with Gasteiger partial charge in [0, 0.05) is 25.0 Å². The molecule has 0 atom stereocenters. The Bertz CT molecular complexity index is 403. The van der Waals surface area contributed by atoms with Gasteiger partial charge >= 0.3 is 0 Å². The number of carbonyl (C=O) groups excluding carboxylic acids is 1. The normalized spacial score (nSPS) is 16.2. The number of ether oxygens (including phenoxy) is 1. The Labute approximate surface area is 99.2 Å². The van der Waals surface area contributed by atoms with E-state index in [0.717, 1.165) is 5.69 Å². The van der Waals surface area contributed by atoms with Crippen molar-refractivity contribution in [2.24, 2.45) is 0 Å². The van der Waals surface area contributed by atoms with Gasteiger partial charge in [-0.3, -0.25) is 9.78 Å². The van der Waals surface area contributed by atoms with E-state index in [4.69, 9.17) is 16.3 Å². The molecule has 0 aromatic carbocycles. The van der Waals surface area contributed by atoms with Gasteiger partial charge < -0.3 is 9.64 Å². The van der Waals surface area contributed by atoms with Crippen molar-refractivity contribution in [3.8, 4) is 0 Å². The molecule has 1 aliphatic heterocycles. The maximum Gasteiger partial charge on any atom is 0.257 e. The Morgan fingerprint density at radius 1 is 1.50 bits per heavy atom. The van der Waals surface area contributed by atoms with Crippen LogP contribution in [-0.4, -0.2) is 42.1 Å². The minimum atomic E-state index is -0.0687. The molecule has 2 heterocycles. The molecule has 1 aliphatic rings. The first-order valence-electron chi connectivity index (χ1n) is 5.17. The molecular weight excluding hydrogens is 228 g/mol. The Hall–Kier alpha value is -1.13. The first kappa shape index (κ1) is 11.4. The fraction of sp³-hybridized carbons (Fsp3) is 0.455. The Balaban J connectivity index is 2.19. The molecule has 0 bridgehead atoms. The smallest absolute Gasteiger partial charge is 0.257 e. The molecule has 2 rings (SSSR count). The maximum absolute atomic E-state index is 12.1. The van der Waals surface area contributed by atoms with Crippen molar-refractivity contribution in [3.05, 3.63) is 28.5 Å². The average molecular weight is 241 g/mol. The molecule has 4 nitrogen and oxygen atoms in total. The highest BCUT2D eigenvalue weighted by molar-refractivity contribution is 6.33. The van der Waals surface area contributed by atoms with Crippen LogP contribution in [0, 0.1) is 6.92 Å². The van der Waals surface area contributed by atoms with Crippen molar-refractivity contribution >= 4 is 17.5 Å². The van der Waals surface area contributed by atoms with Crippen LogP contribution in [0.15, 0.2) is 12.3 Å². The molecule has 1 aromatic heterocycles. The van der Waals surface area contributed by atoms with Gasteiger partial charge in [0.2, 0.25) is 0 Å². The highest BCUT2D eigenvalue weighted by atomic mass is 35.5. The summed E-state index contributed by atoms with van der Waals surface area (Å²) >= 11 is 6.02. The van der Waals surface area contributed by atoms with Crippen molar-refractivity contribution in [2.45, 2.75) is 6.92 Å². The summed E-state index contributed by atoms with van der Waals surface area (Å²) in [5.41, 5.74) is 1.28. The van der Waals surface area contributed by atoms with Crippen molar-refractivity contribution in [1.29, 1.82) is 0 Å². The lowest BCUT2D eigenvalue weighted by Crippen LogP contribution is -2.40. The highest BCUT2D eigenvalue weighted by Gasteiger charge is 2.20. The Morgan fingerprint density at radius 2 is 2.19 bits per heavy atom. The summed E-state index contributed by atoms with van der Waals surface area (Å²) in [6.07, 6.45) is 1.54. The standard InChI is InChI=1S/C11H13ClN2O2/c1-8-6-10(12)9(7-13-8)11(15)14-2-4-16-5-3-14/h6-7H,2-5H2,1H3. The van der Waals surface area contributed by atoms with Crippen molar-refractivity contribution in [3.63, 3.8) is 0 Å². The molecule has 0 spiro atoms. The van der Waals surface area contributed by atoms with Crippen LogP contribution in [0.4, 0.5) is 0 Å². The highest BCUT2D eigenvalue weighted by Crippen LogP contribution is 2.18. The van der Waals surface area contributed by atoms with E-state index < -0.39 is 0 Å². The number of hydrogen-bond donors (Lipinski definition) is 0. The van der Waals surface area contributed by atoms with Gasteiger partial charge in [0.05, 0.1) is 23.8 Å². The van der Waals surface area contributed by atoms with Gasteiger partial charge in [0.25, 0.3) is 5.91 Å². The molecule has 16 heavy (non-hydrogen) atoms. The maximum atomic E-state index is 12.1. The third kappa shape index (κ3) is 2.33. The van der Waals surface area contributed by atoms with E-state index in [2.05, 4.69) is 4.98 Å². The summed E-state index contributed by atoms with van der Waals surface area (Å²) in [6, 6.07) is 1.70. The predicted molar refractivity (Wildman–Crippen MR) is 60.7 cm³/mol. The molecule has 1 amide bonds. The largest absolute Gasteiger partial charge is 0.378 e. The number of halogens is 1. The van der Waals surface area contributed by atoms with E-state index in [0.29, 0.717) is 36.9 Å². The van der Waals surface area contributed by atoms with E-state index in [1.165, 1.54) is 6.20 Å². The van der Waals surface area contributed by atoms with Crippen LogP contribution >= 0.6 is 11.6 Å². The summed E-state index contributed by atoms with van der Waals surface area (Å²) in [5, 5.41) is 0.462. The number of nitrogens with zero attached hydrogens (tertiary/aromatic N) is 2. The van der Waals surface area contributed by atoms with Gasteiger partial charge in [-0.2, -0.15) is 0 Å². The molecule has 86 valence electrons. The van der Waals surface area contributed by atoms with Gasteiger partial charge in [-0.05, 0) is 13.0 Å². The zero-order chi connectivity index (χ0) is 11.5. The second-order valence-corrected chi connectivity index (χ2v) is 4.12. The van der Waals surface area contributed by atoms with Crippen LogP contribution in [0.2, 0.25) is 5.02 Å². The number of rotatable bonds is 1. The molecule has 1 fully saturated rings. The number of carbonyl (C=O) groups is 1. The second kappa shape index (κ2) is 4.80. The van der Waals surface area contributed by atoms with Crippen LogP contribution in [-0.2, 0) is 4.74 Å². The van der Waals surface area contributed by atoms with E-state index in [1.54, 1.807) is 11.0 Å². The number of aromatic nitrogens is 1. The summed E-state index contributed by atoms with van der Waals surface area (Å²) in [5.74, 6) is -0.0687. The summed E-state index contributed by atoms with van der Waals surface area (Å²) in [4.78, 5) is 17.9. The molecule has 1 saturated heterocycles. The molecule has 0 N–H and O–H groups in total. The molecule has 0 aliphatic carbocycles. The zero-order valence-electron chi connectivity index (χ0n) is 9.07. The van der Waals surface area contributed by atoms with E-state index in [9.17, 15) is 4.79 Å². The number of hydrogen-bond acceptors (Lipinski definition) is 3. The second-order valence-electron chi connectivity index (χ2n) is 3.71. The lowest BCUT2D eigenvalue weighted by atomic mass is 10.2. The SMILES string of the molecule is Cc1cc(Cl)c(C(=O)N2CCOCC2)cn1. The number of morpholine rings is 1. The lowest BCUT2D eigenvalue weighted by molar-refractivity contribution is 0.0302. The first-order chi connectivity index (χ1) is 7.68. The number of pyridine rings is 1. The van der Waals surface area contributed by atoms with Crippen molar-refractivity contribution in [1.82, 2.24) is 9.88 Å². The van der Waals surface area contributed by atoms with Crippen LogP contribution < -0.4 is 0 Å². The number of amides is 1. The Kier molecular flexibility index (Phi) is 3.41. The minimum Gasteiger partial charge on any atom is -0.378 e. The first-order valence-corrected chi connectivity index (χ1v) is 5.55. The quantitative estimate of drug-likeness (QED) is 0.748. The summed E-state index contributed by atoms with van der Waals surface area (Å²) in [6.45, 7) is 4.24. The molecule has 0 unspecified atom stereocenters. The predicted octanol–water partition coefficient (Wildman–Crippen LogP) is 1.52. The monoisotopic (exact) mass is 240 g/mol. The fourth-order valence-corrected chi connectivity index (χ4v) is 1.91. The van der Waals surface area contributed by atoms with Crippen LogP contribution in [0.25, 0.3) is 0 Å². The van der Waals surface area contributed by atoms with Crippen molar-refractivity contribution in [2.75, 3.05) is 26.3 Å². The van der Waals surface area contributed by atoms with Gasteiger partial charge in [0.1, 0.15) is 0 Å². The molecule has 0 saturated carbocycles. The molecule has 5 heteroatoms. The lowest BCUT2D eigenvalue weighted by Gasteiger charge is -2.27. The number of aryl methyl sites for hydroxylation is 1. The Morgan fingerprint density at radius 3 is 2.81 bits per heavy atom. The van der Waals surface area contributed by atoms with Gasteiger partial charge in [-0.25, -0.2) is 0 Å². The van der Waals surface area contributed by atoms with E-state index in [1.807, 2.05) is 6.92 Å². The topological polar surface area (TPSA) is 42.4 Å². The fourth-order valence-electron chi connectivity index (χ4n) is 1.62. The van der Waals surface area contributed by atoms with Crippen molar-refractivity contribution < 1.29 is 9.53 Å². The summed E-state index contributed by atoms with van der Waals surface area (Å²) < 4.78 is 5.19. The van der Waals surface area contributed by atoms with Crippen LogP contribution in [0.5, 0.6) is 0 Å². The molecular formula is C11H13ClN2O2. The molecule has 1 aromatic rings. The van der Waals surface area contributed by atoms with Crippen LogP contribution in [0.1, 0.15) is 16.1 Å². The minimum absolute atomic E-state index is 0.0687. The average Bonchev–Trinajstić information content (AvgIpc) is 2.29. The van der Waals surface area contributed by atoms with E-state index in [-0.39, 0.29) is 5.91 Å². The van der Waals surface area contributed by atoms with Gasteiger partial charge in [-0.1, -0.05) is 11.6 Å². The third-order valence-electron chi connectivity index (χ3n) is 2.52.